The zero-order valence-electron chi connectivity index (χ0n) is 6.99. The Morgan fingerprint density at radius 3 is 2.17 bits per heavy atom. The van der Waals surface area contributed by atoms with Crippen LogP contribution in [0, 0.1) is 5.41 Å². The lowest BCUT2D eigenvalue weighted by atomic mass is 9.88. The first-order valence-corrected chi connectivity index (χ1v) is 3.67. The van der Waals surface area contributed by atoms with Crippen molar-refractivity contribution >= 4 is 6.16 Å². The third kappa shape index (κ3) is 3.06. The molecule has 0 saturated carbocycles. The summed E-state index contributed by atoms with van der Waals surface area (Å²) in [4.78, 5) is 10.0. The summed E-state index contributed by atoms with van der Waals surface area (Å²) >= 11 is 0. The summed E-state index contributed by atoms with van der Waals surface area (Å²) in [6.45, 7) is 1.00. The summed E-state index contributed by atoms with van der Waals surface area (Å²) < 4.78 is 4.28. The minimum atomic E-state index is -1.39. The number of aliphatic hydroxyl groups excluding tert-OH is 2. The summed E-state index contributed by atoms with van der Waals surface area (Å²) in [6, 6.07) is 0. The molecule has 0 aliphatic carbocycles. The Morgan fingerprint density at radius 2 is 1.92 bits per heavy atom. The van der Waals surface area contributed by atoms with E-state index >= 15 is 0 Å². The monoisotopic (exact) mass is 178 g/mol. The van der Waals surface area contributed by atoms with Crippen molar-refractivity contribution in [3.05, 3.63) is 0 Å². The molecule has 0 saturated heterocycles. The minimum Gasteiger partial charge on any atom is -0.450 e. The van der Waals surface area contributed by atoms with Crippen LogP contribution in [0.1, 0.15) is 13.3 Å². The lowest BCUT2D eigenvalue weighted by Crippen LogP contribution is -2.35. The van der Waals surface area contributed by atoms with Crippen LogP contribution in [0.25, 0.3) is 0 Å². The molecule has 3 N–H and O–H groups in total. The van der Waals surface area contributed by atoms with E-state index in [4.69, 9.17) is 15.3 Å². The van der Waals surface area contributed by atoms with Crippen LogP contribution in [-0.2, 0) is 4.74 Å². The second-order valence-corrected chi connectivity index (χ2v) is 2.72. The average molecular weight is 178 g/mol. The normalized spacial score (nSPS) is 11.2. The van der Waals surface area contributed by atoms with Crippen molar-refractivity contribution in [3.63, 3.8) is 0 Å². The van der Waals surface area contributed by atoms with Gasteiger partial charge in [0.2, 0.25) is 0 Å². The van der Waals surface area contributed by atoms with Gasteiger partial charge in [-0.15, -0.1) is 0 Å². The highest BCUT2D eigenvalue weighted by atomic mass is 16.7. The molecule has 0 aromatic heterocycles. The van der Waals surface area contributed by atoms with E-state index in [1.165, 1.54) is 0 Å². The highest BCUT2D eigenvalue weighted by Gasteiger charge is 2.28. The second-order valence-electron chi connectivity index (χ2n) is 2.72. The molecule has 72 valence electrons. The highest BCUT2D eigenvalue weighted by molar-refractivity contribution is 5.56. The Hall–Kier alpha value is -0.810. The van der Waals surface area contributed by atoms with Crippen LogP contribution in [-0.4, -0.2) is 41.3 Å². The molecule has 5 heteroatoms. The van der Waals surface area contributed by atoms with Gasteiger partial charge in [0.25, 0.3) is 0 Å². The van der Waals surface area contributed by atoms with Gasteiger partial charge < -0.3 is 20.1 Å². The van der Waals surface area contributed by atoms with Crippen LogP contribution < -0.4 is 0 Å². The van der Waals surface area contributed by atoms with E-state index < -0.39 is 11.6 Å². The van der Waals surface area contributed by atoms with Gasteiger partial charge in [0, 0.05) is 0 Å². The van der Waals surface area contributed by atoms with Crippen LogP contribution in [0.4, 0.5) is 4.79 Å². The molecule has 0 aliphatic rings. The fourth-order valence-electron chi connectivity index (χ4n) is 0.682. The lowest BCUT2D eigenvalue weighted by molar-refractivity contribution is -0.0177. The van der Waals surface area contributed by atoms with Gasteiger partial charge in [0.15, 0.2) is 0 Å². The Labute approximate surface area is 70.6 Å². The molecule has 0 unspecified atom stereocenters. The van der Waals surface area contributed by atoms with E-state index in [2.05, 4.69) is 4.74 Å². The number of aliphatic hydroxyl groups is 2. The number of hydrogen-bond acceptors (Lipinski definition) is 4. The van der Waals surface area contributed by atoms with Crippen LogP contribution in [0.2, 0.25) is 0 Å². The van der Waals surface area contributed by atoms with Crippen molar-refractivity contribution in [2.45, 2.75) is 13.3 Å². The number of hydrogen-bond donors (Lipinski definition) is 3. The maximum Gasteiger partial charge on any atom is 0.505 e. The molecule has 0 fully saturated rings. The predicted molar refractivity (Wildman–Crippen MR) is 40.9 cm³/mol. The third-order valence-electron chi connectivity index (χ3n) is 1.92. The molecule has 0 amide bonds. The largest absolute Gasteiger partial charge is 0.505 e. The van der Waals surface area contributed by atoms with Crippen LogP contribution in [0.3, 0.4) is 0 Å². The molecule has 0 radical (unpaired) electrons. The topological polar surface area (TPSA) is 87.0 Å². The van der Waals surface area contributed by atoms with Crippen molar-refractivity contribution in [3.8, 4) is 0 Å². The molecule has 5 nitrogen and oxygen atoms in total. The third-order valence-corrected chi connectivity index (χ3v) is 1.92. The van der Waals surface area contributed by atoms with Crippen LogP contribution in [0.15, 0.2) is 0 Å². The highest BCUT2D eigenvalue weighted by Crippen LogP contribution is 2.20. The van der Waals surface area contributed by atoms with Crippen molar-refractivity contribution in [2.75, 3.05) is 19.8 Å². The molecule has 0 rings (SSSR count). The molecule has 0 aliphatic heterocycles. The van der Waals surface area contributed by atoms with Gasteiger partial charge >= 0.3 is 6.16 Å². The fourth-order valence-corrected chi connectivity index (χ4v) is 0.682. The van der Waals surface area contributed by atoms with E-state index in [9.17, 15) is 4.79 Å². The Morgan fingerprint density at radius 1 is 1.42 bits per heavy atom. The lowest BCUT2D eigenvalue weighted by Gasteiger charge is -2.26. The number of rotatable bonds is 5. The number of ether oxygens (including phenoxy) is 1. The molecule has 0 atom stereocenters. The standard InChI is InChI=1S/C7H14O5/c1-2-7(3-8,4-9)5-12-6(10)11/h8-9H,2-5H2,1H3,(H,10,11). The zero-order valence-corrected chi connectivity index (χ0v) is 6.99. The number of carbonyl (C=O) groups is 1. The SMILES string of the molecule is CCC(CO)(CO)COC(=O)O. The molecule has 12 heavy (non-hydrogen) atoms. The summed E-state index contributed by atoms with van der Waals surface area (Å²) in [5.41, 5.74) is -0.835. The van der Waals surface area contributed by atoms with Gasteiger partial charge in [-0.1, -0.05) is 6.92 Å². The van der Waals surface area contributed by atoms with Gasteiger partial charge in [-0.3, -0.25) is 0 Å². The quantitative estimate of drug-likeness (QED) is 0.518. The maximum absolute atomic E-state index is 10.0. The summed E-state index contributed by atoms with van der Waals surface area (Å²) in [5.74, 6) is 0. The maximum atomic E-state index is 10.0. The first-order valence-electron chi connectivity index (χ1n) is 3.67. The minimum absolute atomic E-state index is 0.175. The van der Waals surface area contributed by atoms with Gasteiger partial charge in [0.05, 0.1) is 18.6 Å². The molecule has 0 spiro atoms. The van der Waals surface area contributed by atoms with Gasteiger partial charge in [-0.05, 0) is 6.42 Å². The molecule has 0 heterocycles. The smallest absolute Gasteiger partial charge is 0.450 e. The van der Waals surface area contributed by atoms with Crippen LogP contribution >= 0.6 is 0 Å². The van der Waals surface area contributed by atoms with Gasteiger partial charge in [0.1, 0.15) is 6.61 Å². The molecule has 0 aromatic rings. The summed E-state index contributed by atoms with van der Waals surface area (Å²) in [5, 5.41) is 25.9. The van der Waals surface area contributed by atoms with E-state index in [0.717, 1.165) is 0 Å². The molecule has 0 aromatic carbocycles. The molecule has 0 bridgehead atoms. The van der Waals surface area contributed by atoms with Gasteiger partial charge in [-0.25, -0.2) is 4.79 Å². The van der Waals surface area contributed by atoms with E-state index in [0.29, 0.717) is 6.42 Å². The predicted octanol–water partition coefficient (Wildman–Crippen LogP) is 0.0620. The summed E-state index contributed by atoms with van der Waals surface area (Å²) in [6.07, 6.45) is -0.928. The number of carboxylic acid groups (broad SMARTS) is 1. The van der Waals surface area contributed by atoms with E-state index in [1.807, 2.05) is 0 Å². The van der Waals surface area contributed by atoms with Crippen LogP contribution in [0.5, 0.6) is 0 Å². The van der Waals surface area contributed by atoms with E-state index in [-0.39, 0.29) is 19.8 Å². The Kier molecular flexibility index (Phi) is 4.61. The first kappa shape index (κ1) is 11.2. The summed E-state index contributed by atoms with van der Waals surface area (Å²) in [7, 11) is 0. The van der Waals surface area contributed by atoms with Gasteiger partial charge in [-0.2, -0.15) is 0 Å². The Balaban J connectivity index is 4.01. The zero-order chi connectivity index (χ0) is 9.61. The Bertz CT molecular complexity index is 132. The van der Waals surface area contributed by atoms with Crippen molar-refractivity contribution in [1.82, 2.24) is 0 Å². The van der Waals surface area contributed by atoms with Crippen molar-refractivity contribution < 1.29 is 24.9 Å². The molecular weight excluding hydrogens is 164 g/mol. The van der Waals surface area contributed by atoms with Crippen molar-refractivity contribution in [2.24, 2.45) is 5.41 Å². The molecular formula is C7H14O5. The second kappa shape index (κ2) is 4.95. The average Bonchev–Trinajstić information content (AvgIpc) is 2.08. The fraction of sp³-hybridized carbons (Fsp3) is 0.857. The van der Waals surface area contributed by atoms with Crippen molar-refractivity contribution in [1.29, 1.82) is 0 Å². The van der Waals surface area contributed by atoms with E-state index in [1.54, 1.807) is 6.92 Å². The first-order chi connectivity index (χ1) is 5.60.